The Hall–Kier alpha value is -1.67. The van der Waals surface area contributed by atoms with E-state index < -0.39 is 0 Å². The molecular formula is C15H17FN+. The molecular weight excluding hydrogens is 213 g/mol. The summed E-state index contributed by atoms with van der Waals surface area (Å²) in [6, 6.07) is 15.2. The SMILES string of the molecule is Cc1ccc(C[NH2+]Cc2ccc(F)cc2)cc1. The molecule has 0 heterocycles. The van der Waals surface area contributed by atoms with E-state index in [9.17, 15) is 4.39 Å². The summed E-state index contributed by atoms with van der Waals surface area (Å²) in [6.07, 6.45) is 0. The van der Waals surface area contributed by atoms with Gasteiger partial charge in [0.2, 0.25) is 0 Å². The molecule has 0 bridgehead atoms. The summed E-state index contributed by atoms with van der Waals surface area (Å²) >= 11 is 0. The Morgan fingerprint density at radius 3 is 1.82 bits per heavy atom. The van der Waals surface area contributed by atoms with E-state index in [1.807, 2.05) is 12.1 Å². The van der Waals surface area contributed by atoms with Gasteiger partial charge in [-0.15, -0.1) is 0 Å². The van der Waals surface area contributed by atoms with Gasteiger partial charge in [-0.1, -0.05) is 42.0 Å². The number of hydrogen-bond donors (Lipinski definition) is 1. The van der Waals surface area contributed by atoms with Crippen LogP contribution in [0.25, 0.3) is 0 Å². The predicted molar refractivity (Wildman–Crippen MR) is 66.9 cm³/mol. The van der Waals surface area contributed by atoms with Crippen LogP contribution in [-0.4, -0.2) is 0 Å². The van der Waals surface area contributed by atoms with E-state index in [4.69, 9.17) is 0 Å². The lowest BCUT2D eigenvalue weighted by molar-refractivity contribution is -0.686. The molecule has 0 aliphatic rings. The van der Waals surface area contributed by atoms with Crippen LogP contribution in [0.4, 0.5) is 4.39 Å². The van der Waals surface area contributed by atoms with Crippen molar-refractivity contribution < 1.29 is 9.71 Å². The minimum Gasteiger partial charge on any atom is -0.339 e. The summed E-state index contributed by atoms with van der Waals surface area (Å²) in [4.78, 5) is 0. The fourth-order valence-electron chi connectivity index (χ4n) is 1.75. The second-order valence-electron chi connectivity index (χ2n) is 4.31. The summed E-state index contributed by atoms with van der Waals surface area (Å²) in [6.45, 7) is 3.93. The van der Waals surface area contributed by atoms with Gasteiger partial charge in [-0.25, -0.2) is 4.39 Å². The first-order valence-corrected chi connectivity index (χ1v) is 5.86. The van der Waals surface area contributed by atoms with Crippen molar-refractivity contribution in [1.29, 1.82) is 0 Å². The highest BCUT2D eigenvalue weighted by Crippen LogP contribution is 2.02. The molecule has 0 aromatic heterocycles. The summed E-state index contributed by atoms with van der Waals surface area (Å²) in [5, 5.41) is 2.22. The topological polar surface area (TPSA) is 16.6 Å². The maximum absolute atomic E-state index is 12.7. The van der Waals surface area contributed by atoms with Crippen LogP contribution in [0, 0.1) is 12.7 Å². The molecule has 0 saturated heterocycles. The van der Waals surface area contributed by atoms with E-state index in [0.717, 1.165) is 18.7 Å². The van der Waals surface area contributed by atoms with E-state index in [0.29, 0.717) is 0 Å². The van der Waals surface area contributed by atoms with Gasteiger partial charge < -0.3 is 5.32 Å². The Kier molecular flexibility index (Phi) is 3.89. The Labute approximate surface area is 101 Å². The molecule has 88 valence electrons. The first-order valence-electron chi connectivity index (χ1n) is 5.86. The van der Waals surface area contributed by atoms with Gasteiger partial charge in [0.25, 0.3) is 0 Å². The second kappa shape index (κ2) is 5.60. The van der Waals surface area contributed by atoms with Gasteiger partial charge in [0.05, 0.1) is 0 Å². The lowest BCUT2D eigenvalue weighted by Gasteiger charge is -2.02. The Bertz CT molecular complexity index is 414. The van der Waals surface area contributed by atoms with Gasteiger partial charge in [0.1, 0.15) is 18.9 Å². The van der Waals surface area contributed by atoms with Crippen LogP contribution in [0.2, 0.25) is 0 Å². The summed E-state index contributed by atoms with van der Waals surface area (Å²) in [5.74, 6) is -0.174. The van der Waals surface area contributed by atoms with Crippen LogP contribution >= 0.6 is 0 Å². The molecule has 0 unspecified atom stereocenters. The lowest BCUT2D eigenvalue weighted by atomic mass is 10.1. The van der Waals surface area contributed by atoms with E-state index in [1.165, 1.54) is 23.3 Å². The lowest BCUT2D eigenvalue weighted by Crippen LogP contribution is -2.80. The van der Waals surface area contributed by atoms with Gasteiger partial charge in [-0.2, -0.15) is 0 Å². The molecule has 0 aliphatic carbocycles. The fraction of sp³-hybridized carbons (Fsp3) is 0.200. The fourth-order valence-corrected chi connectivity index (χ4v) is 1.75. The van der Waals surface area contributed by atoms with E-state index >= 15 is 0 Å². The van der Waals surface area contributed by atoms with Crippen molar-refractivity contribution >= 4 is 0 Å². The molecule has 1 nitrogen and oxygen atoms in total. The zero-order chi connectivity index (χ0) is 12.1. The van der Waals surface area contributed by atoms with E-state index in [-0.39, 0.29) is 5.82 Å². The van der Waals surface area contributed by atoms with Crippen LogP contribution in [0.5, 0.6) is 0 Å². The van der Waals surface area contributed by atoms with Crippen LogP contribution in [0.3, 0.4) is 0 Å². The molecule has 17 heavy (non-hydrogen) atoms. The summed E-state index contributed by atoms with van der Waals surface area (Å²) in [7, 11) is 0. The highest BCUT2D eigenvalue weighted by Gasteiger charge is 1.98. The molecule has 0 saturated carbocycles. The molecule has 2 heteroatoms. The first kappa shape index (κ1) is 11.8. The van der Waals surface area contributed by atoms with Crippen molar-refractivity contribution in [2.75, 3.05) is 0 Å². The number of nitrogens with two attached hydrogens (primary N) is 1. The summed E-state index contributed by atoms with van der Waals surface area (Å²) in [5.41, 5.74) is 3.75. The second-order valence-corrected chi connectivity index (χ2v) is 4.31. The zero-order valence-corrected chi connectivity index (χ0v) is 9.99. The van der Waals surface area contributed by atoms with Crippen molar-refractivity contribution in [3.63, 3.8) is 0 Å². The van der Waals surface area contributed by atoms with Crippen molar-refractivity contribution in [3.05, 3.63) is 71.0 Å². The predicted octanol–water partition coefficient (Wildman–Crippen LogP) is 2.40. The Balaban J connectivity index is 1.83. The minimum absolute atomic E-state index is 0.174. The largest absolute Gasteiger partial charge is 0.339 e. The summed E-state index contributed by atoms with van der Waals surface area (Å²) < 4.78 is 12.7. The highest BCUT2D eigenvalue weighted by molar-refractivity contribution is 5.20. The number of rotatable bonds is 4. The molecule has 0 atom stereocenters. The molecule has 0 spiro atoms. The van der Waals surface area contributed by atoms with E-state index in [1.54, 1.807) is 0 Å². The van der Waals surface area contributed by atoms with Gasteiger partial charge in [0.15, 0.2) is 0 Å². The normalized spacial score (nSPS) is 10.5. The molecule has 0 radical (unpaired) electrons. The quantitative estimate of drug-likeness (QED) is 0.830. The third-order valence-electron chi connectivity index (χ3n) is 2.79. The average molecular weight is 230 g/mol. The minimum atomic E-state index is -0.174. The molecule has 2 rings (SSSR count). The third kappa shape index (κ3) is 3.68. The van der Waals surface area contributed by atoms with Crippen molar-refractivity contribution in [2.24, 2.45) is 0 Å². The van der Waals surface area contributed by atoms with E-state index in [2.05, 4.69) is 36.5 Å². The van der Waals surface area contributed by atoms with Crippen molar-refractivity contribution in [1.82, 2.24) is 0 Å². The van der Waals surface area contributed by atoms with Gasteiger partial charge in [-0.05, 0) is 19.1 Å². The van der Waals surface area contributed by atoms with Gasteiger partial charge in [-0.3, -0.25) is 0 Å². The van der Waals surface area contributed by atoms with Crippen LogP contribution < -0.4 is 5.32 Å². The maximum atomic E-state index is 12.7. The van der Waals surface area contributed by atoms with Crippen LogP contribution in [-0.2, 0) is 13.1 Å². The number of benzene rings is 2. The molecule has 2 N–H and O–H groups in total. The molecule has 0 amide bonds. The number of aryl methyl sites for hydroxylation is 1. The molecule has 2 aromatic carbocycles. The van der Waals surface area contributed by atoms with Crippen molar-refractivity contribution in [2.45, 2.75) is 20.0 Å². The van der Waals surface area contributed by atoms with Crippen LogP contribution in [0.1, 0.15) is 16.7 Å². The Morgan fingerprint density at radius 2 is 1.29 bits per heavy atom. The molecule has 0 aliphatic heterocycles. The smallest absolute Gasteiger partial charge is 0.123 e. The molecule has 2 aromatic rings. The standard InChI is InChI=1S/C15H16FN/c1-12-2-4-13(5-3-12)10-17-11-14-6-8-15(16)9-7-14/h2-9,17H,10-11H2,1H3/p+1. The first-order chi connectivity index (χ1) is 8.24. The van der Waals surface area contributed by atoms with Crippen molar-refractivity contribution in [3.8, 4) is 0 Å². The van der Waals surface area contributed by atoms with Gasteiger partial charge in [0, 0.05) is 11.1 Å². The monoisotopic (exact) mass is 230 g/mol. The molecule has 0 fully saturated rings. The number of quaternary nitrogens is 1. The van der Waals surface area contributed by atoms with Gasteiger partial charge >= 0.3 is 0 Å². The number of halogens is 1. The number of hydrogen-bond acceptors (Lipinski definition) is 0. The highest BCUT2D eigenvalue weighted by atomic mass is 19.1. The zero-order valence-electron chi connectivity index (χ0n) is 9.99. The Morgan fingerprint density at radius 1 is 0.824 bits per heavy atom. The third-order valence-corrected chi connectivity index (χ3v) is 2.79. The maximum Gasteiger partial charge on any atom is 0.123 e. The van der Waals surface area contributed by atoms with Crippen LogP contribution in [0.15, 0.2) is 48.5 Å². The average Bonchev–Trinajstić information content (AvgIpc) is 2.34.